The number of phenolic OH excluding ortho intramolecular Hbond substituents is 1. The molecule has 0 saturated carbocycles. The first-order valence-electron chi connectivity index (χ1n) is 11.2. The van der Waals surface area contributed by atoms with Crippen molar-refractivity contribution in [1.82, 2.24) is 0 Å². The van der Waals surface area contributed by atoms with Crippen LogP contribution in [0.2, 0.25) is 5.02 Å². The second kappa shape index (κ2) is 9.15. The third-order valence-electron chi connectivity index (χ3n) is 6.47. The van der Waals surface area contributed by atoms with E-state index in [1.165, 1.54) is 24.3 Å². The topological polar surface area (TPSA) is 64.1 Å². The summed E-state index contributed by atoms with van der Waals surface area (Å²) in [6.07, 6.45) is -1.94. The maximum Gasteiger partial charge on any atom is 0.453 e. The number of rotatable bonds is 4. The van der Waals surface area contributed by atoms with Gasteiger partial charge in [0.2, 0.25) is 11.2 Å². The van der Waals surface area contributed by atoms with E-state index in [0.717, 1.165) is 30.7 Å². The number of aryl methyl sites for hydroxylation is 2. The fraction of sp³-hybridized carbons (Fsp3) is 0.400. The lowest BCUT2D eigenvalue weighted by Crippen LogP contribution is -3.14. The lowest BCUT2D eigenvalue weighted by molar-refractivity contribution is -0.941. The summed E-state index contributed by atoms with van der Waals surface area (Å²) >= 11 is 6.15. The van der Waals surface area contributed by atoms with E-state index >= 15 is 0 Å². The molecular weight excluding hydrogens is 471 g/mol. The smallest absolute Gasteiger partial charge is 0.453 e. The van der Waals surface area contributed by atoms with Crippen molar-refractivity contribution in [1.29, 1.82) is 0 Å². The van der Waals surface area contributed by atoms with Crippen molar-refractivity contribution in [2.75, 3.05) is 6.54 Å². The SMILES string of the molecule is Cc1cc(Oc2c(C(F)(F)F)oc3c(C[NH+]4CCCC[C@H]4C)c(O)ccc3c2=O)cc(C)c1Cl. The van der Waals surface area contributed by atoms with Gasteiger partial charge in [-0.3, -0.25) is 4.79 Å². The Kier molecular flexibility index (Phi) is 6.57. The van der Waals surface area contributed by atoms with Crippen LogP contribution in [0, 0.1) is 13.8 Å². The molecule has 1 aromatic heterocycles. The van der Waals surface area contributed by atoms with Crippen LogP contribution >= 0.6 is 11.6 Å². The van der Waals surface area contributed by atoms with E-state index in [1.807, 2.05) is 0 Å². The van der Waals surface area contributed by atoms with Gasteiger partial charge in [-0.15, -0.1) is 0 Å². The molecule has 0 aliphatic carbocycles. The fourth-order valence-corrected chi connectivity index (χ4v) is 4.67. The number of hydrogen-bond acceptors (Lipinski definition) is 4. The maximum absolute atomic E-state index is 14.0. The first-order chi connectivity index (χ1) is 16.0. The molecule has 5 nitrogen and oxygen atoms in total. The second-order valence-electron chi connectivity index (χ2n) is 8.98. The van der Waals surface area contributed by atoms with Crippen LogP contribution in [0.15, 0.2) is 33.5 Å². The summed E-state index contributed by atoms with van der Waals surface area (Å²) in [6.45, 7) is 6.52. The van der Waals surface area contributed by atoms with Crippen molar-refractivity contribution in [3.8, 4) is 17.2 Å². The molecule has 1 unspecified atom stereocenters. The van der Waals surface area contributed by atoms with E-state index in [2.05, 4.69) is 6.92 Å². The van der Waals surface area contributed by atoms with Crippen LogP contribution in [0.3, 0.4) is 0 Å². The van der Waals surface area contributed by atoms with Gasteiger partial charge in [0.15, 0.2) is 5.58 Å². The minimum Gasteiger partial charge on any atom is -0.507 e. The molecule has 0 radical (unpaired) electrons. The highest BCUT2D eigenvalue weighted by atomic mass is 35.5. The quantitative estimate of drug-likeness (QED) is 0.498. The largest absolute Gasteiger partial charge is 0.507 e. The van der Waals surface area contributed by atoms with Crippen LogP contribution in [0.1, 0.15) is 48.6 Å². The Bertz CT molecular complexity index is 1280. The molecule has 0 spiro atoms. The average Bonchev–Trinajstić information content (AvgIpc) is 2.76. The van der Waals surface area contributed by atoms with Crippen molar-refractivity contribution in [2.45, 2.75) is 58.8 Å². The highest BCUT2D eigenvalue weighted by Crippen LogP contribution is 2.40. The normalized spacial score (nSPS) is 18.9. The van der Waals surface area contributed by atoms with Crippen LogP contribution in [-0.2, 0) is 12.7 Å². The number of hydrogen-bond donors (Lipinski definition) is 2. The predicted octanol–water partition coefficient (Wildman–Crippen LogP) is 5.54. The minimum atomic E-state index is -4.99. The highest BCUT2D eigenvalue weighted by Gasteiger charge is 2.41. The summed E-state index contributed by atoms with van der Waals surface area (Å²) in [5.41, 5.74) is 0.163. The zero-order chi connectivity index (χ0) is 24.8. The van der Waals surface area contributed by atoms with Gasteiger partial charge in [0.1, 0.15) is 18.0 Å². The van der Waals surface area contributed by atoms with Crippen molar-refractivity contribution in [3.63, 3.8) is 0 Å². The van der Waals surface area contributed by atoms with E-state index in [0.29, 0.717) is 16.1 Å². The van der Waals surface area contributed by atoms with E-state index in [1.54, 1.807) is 13.8 Å². The van der Waals surface area contributed by atoms with Crippen LogP contribution in [0.25, 0.3) is 11.0 Å². The zero-order valence-electron chi connectivity index (χ0n) is 19.1. The summed E-state index contributed by atoms with van der Waals surface area (Å²) in [5.74, 6) is -2.64. The van der Waals surface area contributed by atoms with Crippen molar-refractivity contribution < 1.29 is 32.3 Å². The minimum absolute atomic E-state index is 0.0436. The number of fused-ring (bicyclic) bond motifs is 1. The lowest BCUT2D eigenvalue weighted by Gasteiger charge is -2.30. The molecule has 34 heavy (non-hydrogen) atoms. The Morgan fingerprint density at radius 2 is 1.88 bits per heavy atom. The van der Waals surface area contributed by atoms with Crippen molar-refractivity contribution in [3.05, 3.63) is 62.0 Å². The Morgan fingerprint density at radius 1 is 1.21 bits per heavy atom. The number of halogens is 4. The van der Waals surface area contributed by atoms with Crippen LogP contribution in [0.4, 0.5) is 13.2 Å². The summed E-state index contributed by atoms with van der Waals surface area (Å²) in [5, 5.41) is 10.9. The van der Waals surface area contributed by atoms with E-state index < -0.39 is 23.1 Å². The Labute approximate surface area is 199 Å². The Balaban J connectivity index is 1.89. The molecule has 4 rings (SSSR count). The highest BCUT2D eigenvalue weighted by molar-refractivity contribution is 6.32. The van der Waals surface area contributed by atoms with Gasteiger partial charge in [-0.05, 0) is 75.4 Å². The van der Waals surface area contributed by atoms with Gasteiger partial charge in [0.25, 0.3) is 5.76 Å². The molecule has 3 aromatic rings. The van der Waals surface area contributed by atoms with E-state index in [4.69, 9.17) is 20.8 Å². The molecular formula is C25H26ClF3NO4+. The van der Waals surface area contributed by atoms with Gasteiger partial charge in [-0.25, -0.2) is 0 Å². The standard InChI is InChI=1S/C25H25ClF3NO4/c1-13-10-16(11-14(2)20(13)26)33-23-21(32)17-7-8-19(31)18(12-30-9-5-4-6-15(30)3)22(17)34-24(23)25(27,28)29/h7-8,10-11,15,31H,4-6,9,12H2,1-3H3/p+1/t15-/m1/s1. The second-order valence-corrected chi connectivity index (χ2v) is 9.36. The number of nitrogens with one attached hydrogen (secondary N) is 1. The molecule has 2 aromatic carbocycles. The third-order valence-corrected chi connectivity index (χ3v) is 7.07. The van der Waals surface area contributed by atoms with Crippen molar-refractivity contribution >= 4 is 22.6 Å². The number of benzene rings is 2. The van der Waals surface area contributed by atoms with E-state index in [9.17, 15) is 23.1 Å². The molecule has 1 fully saturated rings. The monoisotopic (exact) mass is 496 g/mol. The average molecular weight is 497 g/mol. The molecule has 2 atom stereocenters. The molecule has 2 N–H and O–H groups in total. The predicted molar refractivity (Wildman–Crippen MR) is 123 cm³/mol. The number of aromatic hydroxyl groups is 1. The molecule has 0 amide bonds. The summed E-state index contributed by atoms with van der Waals surface area (Å²) < 4.78 is 52.9. The van der Waals surface area contributed by atoms with E-state index in [-0.39, 0.29) is 40.6 Å². The van der Waals surface area contributed by atoms with Gasteiger partial charge in [0, 0.05) is 5.02 Å². The summed E-state index contributed by atoms with van der Waals surface area (Å²) in [4.78, 5) is 14.4. The molecule has 1 aliphatic rings. The van der Waals surface area contributed by atoms with Gasteiger partial charge in [-0.1, -0.05) is 11.6 Å². The van der Waals surface area contributed by atoms with Crippen molar-refractivity contribution in [2.24, 2.45) is 0 Å². The molecule has 9 heteroatoms. The first-order valence-corrected chi connectivity index (χ1v) is 11.5. The molecule has 1 aliphatic heterocycles. The zero-order valence-corrected chi connectivity index (χ0v) is 19.9. The number of quaternary nitrogens is 1. The number of ether oxygens (including phenoxy) is 1. The van der Waals surface area contributed by atoms with Gasteiger partial charge >= 0.3 is 6.18 Å². The number of alkyl halides is 3. The maximum atomic E-state index is 14.0. The summed E-state index contributed by atoms with van der Waals surface area (Å²) in [7, 11) is 0. The Morgan fingerprint density at radius 3 is 2.50 bits per heavy atom. The van der Waals surface area contributed by atoms with Crippen LogP contribution in [-0.4, -0.2) is 17.7 Å². The number of piperidine rings is 1. The number of likely N-dealkylation sites (tertiary alicyclic amines) is 1. The van der Waals surface area contributed by atoms with Gasteiger partial charge < -0.3 is 19.2 Å². The third kappa shape index (κ3) is 4.61. The number of phenols is 1. The van der Waals surface area contributed by atoms with Gasteiger partial charge in [-0.2, -0.15) is 13.2 Å². The Hall–Kier alpha value is -2.71. The van der Waals surface area contributed by atoms with Crippen LogP contribution < -0.4 is 15.1 Å². The molecule has 1 saturated heterocycles. The van der Waals surface area contributed by atoms with Crippen LogP contribution in [0.5, 0.6) is 17.2 Å². The fourth-order valence-electron chi connectivity index (χ4n) is 4.56. The lowest BCUT2D eigenvalue weighted by atomic mass is 10.0. The molecule has 2 heterocycles. The first kappa shape index (κ1) is 24.4. The molecule has 0 bridgehead atoms. The summed E-state index contributed by atoms with van der Waals surface area (Å²) in [6, 6.07) is 5.78. The van der Waals surface area contributed by atoms with Gasteiger partial charge in [0.05, 0.1) is 23.5 Å². The molecule has 182 valence electrons.